The molecular weight excluding hydrogens is 791 g/mol. The Morgan fingerprint density at radius 1 is 0.309 bits per heavy atom. The summed E-state index contributed by atoms with van der Waals surface area (Å²) in [6, 6.07) is 0. The molecule has 0 aromatic heterocycles. The third-order valence-corrected chi connectivity index (χ3v) is 21.0. The molecule has 0 aliphatic carbocycles. The van der Waals surface area contributed by atoms with Crippen molar-refractivity contribution in [1.29, 1.82) is 0 Å². The molecule has 0 fully saturated rings. The van der Waals surface area contributed by atoms with E-state index in [4.69, 9.17) is 6.15 Å². The molecule has 7 heteroatoms. The van der Waals surface area contributed by atoms with E-state index in [0.717, 1.165) is 77.0 Å². The van der Waals surface area contributed by atoms with E-state index in [0.29, 0.717) is 21.7 Å². The van der Waals surface area contributed by atoms with Gasteiger partial charge in [-0.1, -0.05) is 13.8 Å². The summed E-state index contributed by atoms with van der Waals surface area (Å²) in [5.41, 5.74) is 0. The summed E-state index contributed by atoms with van der Waals surface area (Å²) in [5.74, 6) is -1.17. The molecular formula is C48H92O6Sn. The van der Waals surface area contributed by atoms with Gasteiger partial charge in [0.1, 0.15) is 0 Å². The fraction of sp³-hybridized carbons (Fsp3) is 0.917. The molecule has 6 nitrogen and oxygen atoms in total. The van der Waals surface area contributed by atoms with Gasteiger partial charge in [0.2, 0.25) is 0 Å². The maximum absolute atomic E-state index is 13.5. The second kappa shape index (κ2) is 41.2. The Morgan fingerprint density at radius 2 is 0.527 bits per heavy atom. The van der Waals surface area contributed by atoms with Crippen molar-refractivity contribution >= 4 is 42.7 Å². The summed E-state index contributed by atoms with van der Waals surface area (Å²) in [5, 5.41) is 0. The van der Waals surface area contributed by atoms with Gasteiger partial charge in [-0.2, -0.15) is 0 Å². The minimum Gasteiger partial charge on any atom is -0.0654 e. The topological polar surface area (TPSA) is 86.7 Å². The van der Waals surface area contributed by atoms with Gasteiger partial charge in [-0.15, -0.1) is 0 Å². The molecule has 0 spiro atoms. The molecule has 0 aliphatic heterocycles. The molecule has 0 aromatic rings. The summed E-state index contributed by atoms with van der Waals surface area (Å²) in [4.78, 5) is 52.7. The van der Waals surface area contributed by atoms with E-state index in [1.807, 2.05) is 0 Å². The Bertz CT molecular complexity index is 833. The molecule has 324 valence electrons. The van der Waals surface area contributed by atoms with Crippen LogP contribution in [0.1, 0.15) is 272 Å². The molecule has 0 radical (unpaired) electrons. The second-order valence-electron chi connectivity index (χ2n) is 16.9. The van der Waals surface area contributed by atoms with Gasteiger partial charge in [0.25, 0.3) is 0 Å². The van der Waals surface area contributed by atoms with E-state index in [1.54, 1.807) is 0 Å². The van der Waals surface area contributed by atoms with E-state index in [1.165, 1.54) is 141 Å². The Hall–Kier alpha value is -0.921. The Balaban J connectivity index is 5.47. The SMILES string of the molecule is CCCCCCCCCCC[CH2][Sn]([CH2]CCCCCCCCCCC)([O]C(=O)CC(=O)CCCCCCCCC)[O]C(=O)CC(=O)CCCCCCCCC. The van der Waals surface area contributed by atoms with Crippen LogP contribution in [0.15, 0.2) is 0 Å². The van der Waals surface area contributed by atoms with Crippen LogP contribution in [0.2, 0.25) is 8.87 Å². The molecule has 0 N–H and O–H groups in total. The van der Waals surface area contributed by atoms with Crippen LogP contribution >= 0.6 is 0 Å². The van der Waals surface area contributed by atoms with E-state index in [2.05, 4.69) is 27.7 Å². The van der Waals surface area contributed by atoms with Gasteiger partial charge < -0.3 is 0 Å². The maximum atomic E-state index is 13.5. The Labute approximate surface area is 346 Å². The Morgan fingerprint density at radius 3 is 0.782 bits per heavy atom. The Kier molecular flexibility index (Phi) is 40.6. The standard InChI is InChI=1S/2C12H22O3.2C12H25.Sn/c2*1-2-3-4-5-6-7-8-9-11(13)10-12(14)15;2*1-3-5-7-9-11-12-10-8-6-4-2;/h2*2-10H2,1H3,(H,14,15);2*1,3-12H2,2H3;/q;;;;+2/p-2. The average Bonchev–Trinajstić information content (AvgIpc) is 3.15. The summed E-state index contributed by atoms with van der Waals surface area (Å²) in [7, 11) is 0. The van der Waals surface area contributed by atoms with Crippen LogP contribution in [0.3, 0.4) is 0 Å². The molecule has 55 heavy (non-hydrogen) atoms. The average molecular weight is 884 g/mol. The first kappa shape index (κ1) is 54.1. The number of unbranched alkanes of at least 4 members (excludes halogenated alkanes) is 30. The fourth-order valence-electron chi connectivity index (χ4n) is 7.66. The van der Waals surface area contributed by atoms with Crippen molar-refractivity contribution in [3.05, 3.63) is 0 Å². The van der Waals surface area contributed by atoms with Crippen molar-refractivity contribution in [3.63, 3.8) is 0 Å². The van der Waals surface area contributed by atoms with Crippen LogP contribution in [0.25, 0.3) is 0 Å². The predicted octanol–water partition coefficient (Wildman–Crippen LogP) is 15.6. The van der Waals surface area contributed by atoms with Gasteiger partial charge in [0.15, 0.2) is 0 Å². The molecule has 0 rings (SSSR count). The minimum atomic E-state index is -4.34. The number of hydrogen-bond acceptors (Lipinski definition) is 6. The number of Topliss-reactive ketones (excluding diaryl/α,β-unsaturated/α-hetero) is 2. The van der Waals surface area contributed by atoms with Gasteiger partial charge in [-0.25, -0.2) is 0 Å². The van der Waals surface area contributed by atoms with Crippen molar-refractivity contribution in [1.82, 2.24) is 0 Å². The zero-order valence-corrected chi connectivity index (χ0v) is 40.1. The van der Waals surface area contributed by atoms with Crippen LogP contribution in [0.4, 0.5) is 0 Å². The minimum absolute atomic E-state index is 0.0761. The quantitative estimate of drug-likeness (QED) is 0.0344. The first-order chi connectivity index (χ1) is 26.8. The molecule has 0 atom stereocenters. The van der Waals surface area contributed by atoms with Crippen LogP contribution < -0.4 is 0 Å². The molecule has 0 unspecified atom stereocenters. The van der Waals surface area contributed by atoms with Crippen molar-refractivity contribution < 1.29 is 25.3 Å². The molecule has 0 heterocycles. The van der Waals surface area contributed by atoms with Crippen LogP contribution in [-0.4, -0.2) is 42.7 Å². The molecule has 0 saturated heterocycles. The van der Waals surface area contributed by atoms with Gasteiger partial charge in [-0.05, 0) is 0 Å². The van der Waals surface area contributed by atoms with Crippen molar-refractivity contribution in [2.24, 2.45) is 0 Å². The fourth-order valence-corrected chi connectivity index (χ4v) is 16.9. The van der Waals surface area contributed by atoms with E-state index in [-0.39, 0.29) is 24.4 Å². The van der Waals surface area contributed by atoms with Crippen LogP contribution in [-0.2, 0) is 25.3 Å². The summed E-state index contributed by atoms with van der Waals surface area (Å²) in [6.07, 6.45) is 40.0. The van der Waals surface area contributed by atoms with Gasteiger partial charge in [0, 0.05) is 0 Å². The summed E-state index contributed by atoms with van der Waals surface area (Å²) in [6.45, 7) is 8.92. The normalized spacial score (nSPS) is 11.6. The third kappa shape index (κ3) is 37.1. The van der Waals surface area contributed by atoms with Crippen LogP contribution in [0, 0.1) is 0 Å². The monoisotopic (exact) mass is 885 g/mol. The molecule has 0 saturated carbocycles. The number of ketones is 2. The molecule has 0 bridgehead atoms. The van der Waals surface area contributed by atoms with Gasteiger partial charge in [0.05, 0.1) is 0 Å². The van der Waals surface area contributed by atoms with Crippen molar-refractivity contribution in [3.8, 4) is 0 Å². The zero-order chi connectivity index (χ0) is 40.5. The van der Waals surface area contributed by atoms with Gasteiger partial charge in [-0.3, -0.25) is 0 Å². The number of carbonyl (C=O) groups excluding carboxylic acids is 4. The van der Waals surface area contributed by atoms with E-state index < -0.39 is 31.1 Å². The third-order valence-electron chi connectivity index (χ3n) is 11.2. The molecule has 0 aromatic carbocycles. The van der Waals surface area contributed by atoms with E-state index in [9.17, 15) is 19.2 Å². The molecule has 0 aliphatic rings. The smallest absolute Gasteiger partial charge is 0.0654 e. The number of rotatable bonds is 44. The van der Waals surface area contributed by atoms with Gasteiger partial charge >= 0.3 is 335 Å². The summed E-state index contributed by atoms with van der Waals surface area (Å²) >= 11 is -4.34. The molecule has 0 amide bonds. The van der Waals surface area contributed by atoms with Crippen LogP contribution in [0.5, 0.6) is 0 Å². The first-order valence-electron chi connectivity index (χ1n) is 24.3. The predicted molar refractivity (Wildman–Crippen MR) is 236 cm³/mol. The number of hydrogen-bond donors (Lipinski definition) is 0. The van der Waals surface area contributed by atoms with Crippen molar-refractivity contribution in [2.75, 3.05) is 0 Å². The van der Waals surface area contributed by atoms with Crippen molar-refractivity contribution in [2.45, 2.75) is 281 Å². The zero-order valence-electron chi connectivity index (χ0n) is 37.2. The first-order valence-corrected chi connectivity index (χ1v) is 30.7. The van der Waals surface area contributed by atoms with E-state index >= 15 is 0 Å². The second-order valence-corrected chi connectivity index (χ2v) is 26.1. The summed E-state index contributed by atoms with van der Waals surface area (Å²) < 4.78 is 13.9. The number of carbonyl (C=O) groups is 4.